The van der Waals surface area contributed by atoms with Crippen LogP contribution in [0.4, 0.5) is 11.4 Å². The first-order valence-corrected chi connectivity index (χ1v) is 10.0. The molecule has 0 radical (unpaired) electrons. The highest BCUT2D eigenvalue weighted by Crippen LogP contribution is 2.29. The van der Waals surface area contributed by atoms with Crippen LogP contribution in [0.1, 0.15) is 12.8 Å². The van der Waals surface area contributed by atoms with Gasteiger partial charge in [0, 0.05) is 13.0 Å². The highest BCUT2D eigenvalue weighted by atomic mass is 16.5. The number of benzene rings is 2. The number of carbonyl (C=O) groups excluding carboxylic acids is 3. The molecule has 0 spiro atoms. The zero-order valence-electron chi connectivity index (χ0n) is 17.0. The summed E-state index contributed by atoms with van der Waals surface area (Å²) in [6.45, 7) is -0.571. The van der Waals surface area contributed by atoms with E-state index in [1.54, 1.807) is 41.3 Å². The Balaban J connectivity index is 1.39. The molecule has 32 heavy (non-hydrogen) atoms. The lowest BCUT2D eigenvalue weighted by molar-refractivity contribution is -0.148. The number of fused-ring (bicyclic) bond motifs is 1. The predicted molar refractivity (Wildman–Crippen MR) is 116 cm³/mol. The maximum absolute atomic E-state index is 12.5. The molecule has 10 nitrogen and oxygen atoms in total. The molecule has 10 heteroatoms. The number of hydrogen-bond donors (Lipinski definition) is 2. The third-order valence-electron chi connectivity index (χ3n) is 5.08. The molecule has 4 rings (SSSR count). The molecule has 0 aliphatic carbocycles. The van der Waals surface area contributed by atoms with Crippen molar-refractivity contribution in [2.24, 2.45) is 0 Å². The largest absolute Gasteiger partial charge is 0.454 e. The number of ether oxygens (including phenoxy) is 1. The van der Waals surface area contributed by atoms with Crippen LogP contribution in [-0.2, 0) is 25.7 Å². The quantitative estimate of drug-likeness (QED) is 0.555. The summed E-state index contributed by atoms with van der Waals surface area (Å²) in [5.41, 5.74) is -0.0570. The number of hydrogen-bond acceptors (Lipinski definition) is 6. The van der Waals surface area contributed by atoms with Crippen LogP contribution in [0, 0.1) is 0 Å². The van der Waals surface area contributed by atoms with E-state index >= 15 is 0 Å². The van der Waals surface area contributed by atoms with Gasteiger partial charge < -0.3 is 15.0 Å². The summed E-state index contributed by atoms with van der Waals surface area (Å²) in [6.07, 6.45) is 1.20. The van der Waals surface area contributed by atoms with Gasteiger partial charge in [-0.3, -0.25) is 29.1 Å². The van der Waals surface area contributed by atoms with Crippen LogP contribution in [0.5, 0.6) is 0 Å². The van der Waals surface area contributed by atoms with E-state index < -0.39 is 36.1 Å². The molecule has 0 atom stereocenters. The summed E-state index contributed by atoms with van der Waals surface area (Å²) in [6, 6.07) is 13.1. The molecule has 2 aromatic carbocycles. The number of para-hydroxylation sites is 2. The lowest BCUT2D eigenvalue weighted by Gasteiger charge is -2.19. The van der Waals surface area contributed by atoms with Crippen LogP contribution in [0.25, 0.3) is 10.8 Å². The lowest BCUT2D eigenvalue weighted by Crippen LogP contribution is -2.33. The Labute approximate surface area is 181 Å². The van der Waals surface area contributed by atoms with Crippen molar-refractivity contribution in [3.63, 3.8) is 0 Å². The second kappa shape index (κ2) is 8.88. The summed E-state index contributed by atoms with van der Waals surface area (Å²) in [7, 11) is 0. The summed E-state index contributed by atoms with van der Waals surface area (Å²) in [5.74, 6) is -1.49. The minimum Gasteiger partial charge on any atom is -0.454 e. The van der Waals surface area contributed by atoms with E-state index in [1.807, 2.05) is 0 Å². The maximum atomic E-state index is 12.5. The Morgan fingerprint density at radius 3 is 2.47 bits per heavy atom. The molecule has 0 unspecified atom stereocenters. The zero-order valence-corrected chi connectivity index (χ0v) is 17.0. The fraction of sp³-hybridized carbons (Fsp3) is 0.227. The number of esters is 1. The van der Waals surface area contributed by atoms with Gasteiger partial charge in [-0.05, 0) is 30.7 Å². The Morgan fingerprint density at radius 2 is 1.72 bits per heavy atom. The minimum absolute atomic E-state index is 0.0204. The summed E-state index contributed by atoms with van der Waals surface area (Å²) in [5, 5.41) is 5.36. The molecule has 2 amide bonds. The van der Waals surface area contributed by atoms with Crippen molar-refractivity contribution in [3.8, 4) is 0 Å². The third kappa shape index (κ3) is 4.29. The smallest absolute Gasteiger partial charge is 0.328 e. The summed E-state index contributed by atoms with van der Waals surface area (Å²) < 4.78 is 5.81. The van der Waals surface area contributed by atoms with Gasteiger partial charge in [-0.15, -0.1) is 0 Å². The zero-order chi connectivity index (χ0) is 22.7. The second-order valence-electron chi connectivity index (χ2n) is 7.25. The molecule has 2 heterocycles. The molecule has 1 saturated heterocycles. The third-order valence-corrected chi connectivity index (χ3v) is 5.08. The minimum atomic E-state index is -0.865. The molecule has 1 fully saturated rings. The topological polar surface area (TPSA) is 131 Å². The van der Waals surface area contributed by atoms with Crippen molar-refractivity contribution >= 4 is 39.9 Å². The Hall–Kier alpha value is -4.21. The number of H-pyrrole nitrogens is 1. The van der Waals surface area contributed by atoms with Crippen molar-refractivity contribution in [3.05, 3.63) is 69.2 Å². The van der Waals surface area contributed by atoms with Crippen molar-refractivity contribution in [2.75, 3.05) is 23.4 Å². The van der Waals surface area contributed by atoms with Crippen LogP contribution in [0.3, 0.4) is 0 Å². The molecule has 3 aromatic rings. The normalized spacial score (nSPS) is 13.4. The summed E-state index contributed by atoms with van der Waals surface area (Å²) in [4.78, 5) is 62.6. The molecule has 0 bridgehead atoms. The number of rotatable bonds is 6. The Kier molecular flexibility index (Phi) is 5.84. The average Bonchev–Trinajstić information content (AvgIpc) is 3.22. The average molecular weight is 436 g/mol. The van der Waals surface area contributed by atoms with Gasteiger partial charge in [0.25, 0.3) is 17.0 Å². The van der Waals surface area contributed by atoms with Gasteiger partial charge in [0.2, 0.25) is 5.91 Å². The van der Waals surface area contributed by atoms with Gasteiger partial charge in [0.15, 0.2) is 6.61 Å². The fourth-order valence-corrected chi connectivity index (χ4v) is 3.58. The number of amides is 2. The Morgan fingerprint density at radius 1 is 1.00 bits per heavy atom. The molecule has 0 saturated carbocycles. The van der Waals surface area contributed by atoms with Crippen LogP contribution < -0.4 is 21.3 Å². The SMILES string of the molecule is O=C(COC(=O)Cn1[nH]c(=O)c2ccccc2c1=O)Nc1ccccc1N1CCCC1=O. The molecule has 1 aliphatic heterocycles. The fourth-order valence-electron chi connectivity index (χ4n) is 3.58. The number of nitrogens with one attached hydrogen (secondary N) is 2. The monoisotopic (exact) mass is 436 g/mol. The van der Waals surface area contributed by atoms with E-state index in [2.05, 4.69) is 10.4 Å². The van der Waals surface area contributed by atoms with E-state index in [0.29, 0.717) is 24.3 Å². The van der Waals surface area contributed by atoms with E-state index in [1.165, 1.54) is 12.1 Å². The molecule has 1 aliphatic rings. The number of nitrogens with zero attached hydrogens (tertiary/aromatic N) is 2. The Bertz CT molecular complexity index is 1330. The van der Waals surface area contributed by atoms with Crippen LogP contribution in [-0.4, -0.2) is 40.7 Å². The van der Waals surface area contributed by atoms with Crippen LogP contribution in [0.2, 0.25) is 0 Å². The van der Waals surface area contributed by atoms with Crippen molar-refractivity contribution in [1.82, 2.24) is 9.78 Å². The number of aromatic amines is 1. The highest BCUT2D eigenvalue weighted by molar-refractivity contribution is 6.02. The lowest BCUT2D eigenvalue weighted by atomic mass is 10.2. The van der Waals surface area contributed by atoms with Gasteiger partial charge >= 0.3 is 5.97 Å². The van der Waals surface area contributed by atoms with E-state index in [9.17, 15) is 24.0 Å². The summed E-state index contributed by atoms with van der Waals surface area (Å²) >= 11 is 0. The van der Waals surface area contributed by atoms with E-state index in [0.717, 1.165) is 11.1 Å². The second-order valence-corrected chi connectivity index (χ2v) is 7.25. The standard InChI is InChI=1S/C22H20N4O6/c27-18(23-16-8-3-4-9-17(16)25-11-5-10-19(25)28)13-32-20(29)12-26-22(31)15-7-2-1-6-14(15)21(30)24-26/h1-4,6-9H,5,10-13H2,(H,23,27)(H,24,30). The van der Waals surface area contributed by atoms with Gasteiger partial charge in [-0.25, -0.2) is 4.68 Å². The van der Waals surface area contributed by atoms with Gasteiger partial charge in [0.1, 0.15) is 6.54 Å². The molecule has 1 aromatic heterocycles. The maximum Gasteiger partial charge on any atom is 0.328 e. The number of anilines is 2. The van der Waals surface area contributed by atoms with Crippen molar-refractivity contribution < 1.29 is 19.1 Å². The number of aromatic nitrogens is 2. The van der Waals surface area contributed by atoms with E-state index in [4.69, 9.17) is 4.74 Å². The molecule has 164 valence electrons. The van der Waals surface area contributed by atoms with Gasteiger partial charge in [-0.1, -0.05) is 24.3 Å². The predicted octanol–water partition coefficient (Wildman–Crippen LogP) is 0.998. The van der Waals surface area contributed by atoms with Crippen molar-refractivity contribution in [2.45, 2.75) is 19.4 Å². The van der Waals surface area contributed by atoms with Gasteiger partial charge in [0.05, 0.1) is 22.1 Å². The number of carbonyl (C=O) groups is 3. The van der Waals surface area contributed by atoms with E-state index in [-0.39, 0.29) is 16.7 Å². The first-order valence-electron chi connectivity index (χ1n) is 10.0. The first kappa shape index (κ1) is 21.0. The molecule has 2 N–H and O–H groups in total. The first-order chi connectivity index (χ1) is 15.4. The van der Waals surface area contributed by atoms with Crippen molar-refractivity contribution in [1.29, 1.82) is 0 Å². The van der Waals surface area contributed by atoms with Crippen LogP contribution in [0.15, 0.2) is 58.1 Å². The molecular formula is C22H20N4O6. The highest BCUT2D eigenvalue weighted by Gasteiger charge is 2.24. The van der Waals surface area contributed by atoms with Gasteiger partial charge in [-0.2, -0.15) is 0 Å². The van der Waals surface area contributed by atoms with Crippen LogP contribution >= 0.6 is 0 Å². The molecular weight excluding hydrogens is 416 g/mol.